The van der Waals surface area contributed by atoms with Crippen LogP contribution in [-0.4, -0.2) is 0 Å². The minimum absolute atomic E-state index is 0.0864. The van der Waals surface area contributed by atoms with Crippen LogP contribution in [0, 0.1) is 18.3 Å². The van der Waals surface area contributed by atoms with Crippen molar-refractivity contribution in [1.82, 2.24) is 0 Å². The first-order valence-corrected chi connectivity index (χ1v) is 5.83. The molecular formula is C15H20O. The molecule has 2 rings (SSSR count). The van der Waals surface area contributed by atoms with E-state index >= 15 is 0 Å². The van der Waals surface area contributed by atoms with Crippen LogP contribution in [0.3, 0.4) is 0 Å². The molecule has 0 spiro atoms. The lowest BCUT2D eigenvalue weighted by atomic mass is 9.65. The van der Waals surface area contributed by atoms with Gasteiger partial charge in [0.25, 0.3) is 0 Å². The predicted molar refractivity (Wildman–Crippen MR) is 67.5 cm³/mol. The first kappa shape index (κ1) is 11.3. The van der Waals surface area contributed by atoms with E-state index in [4.69, 9.17) is 4.42 Å². The number of rotatable bonds is 2. The summed E-state index contributed by atoms with van der Waals surface area (Å²) in [7, 11) is 0. The molecule has 86 valence electrons. The lowest BCUT2D eigenvalue weighted by Gasteiger charge is -2.39. The minimum atomic E-state index is 0.0864. The summed E-state index contributed by atoms with van der Waals surface area (Å²) >= 11 is 0. The van der Waals surface area contributed by atoms with Crippen LogP contribution in [0.15, 0.2) is 35.5 Å². The number of allylic oxidation sites excluding steroid dienone is 2. The van der Waals surface area contributed by atoms with Crippen LogP contribution in [0.1, 0.15) is 30.7 Å². The highest BCUT2D eigenvalue weighted by Crippen LogP contribution is 2.45. The van der Waals surface area contributed by atoms with E-state index in [-0.39, 0.29) is 5.41 Å². The third kappa shape index (κ3) is 1.55. The van der Waals surface area contributed by atoms with Crippen molar-refractivity contribution in [2.24, 2.45) is 11.3 Å². The van der Waals surface area contributed by atoms with Crippen molar-refractivity contribution in [3.8, 4) is 0 Å². The quantitative estimate of drug-likeness (QED) is 0.679. The molecule has 1 heterocycles. The highest BCUT2D eigenvalue weighted by molar-refractivity contribution is 5.34. The first-order valence-electron chi connectivity index (χ1n) is 5.83. The van der Waals surface area contributed by atoms with E-state index in [0.717, 1.165) is 18.6 Å². The maximum Gasteiger partial charge on any atom is 0.108 e. The Morgan fingerprint density at radius 2 is 2.31 bits per heavy atom. The molecule has 0 amide bonds. The molecule has 1 aliphatic rings. The van der Waals surface area contributed by atoms with Gasteiger partial charge in [-0.3, -0.25) is 0 Å². The van der Waals surface area contributed by atoms with Gasteiger partial charge in [-0.05, 0) is 42.7 Å². The number of hydrogen-bond donors (Lipinski definition) is 0. The second kappa shape index (κ2) is 3.65. The van der Waals surface area contributed by atoms with E-state index in [1.807, 2.05) is 6.26 Å². The standard InChI is InChI=1S/C15H20O/c1-6-15(5)8-14-12(11(4)9-16-14)7-13(15)10(2)3/h6,9,13H,1-2,7-8H2,3-5H3/t13-,15+/m1/s1. The van der Waals surface area contributed by atoms with Crippen LogP contribution in [0.5, 0.6) is 0 Å². The normalized spacial score (nSPS) is 28.6. The lowest BCUT2D eigenvalue weighted by Crippen LogP contribution is -2.34. The molecule has 16 heavy (non-hydrogen) atoms. The molecule has 1 heteroatoms. The molecule has 1 aromatic rings. The van der Waals surface area contributed by atoms with E-state index in [9.17, 15) is 0 Å². The number of hydrogen-bond acceptors (Lipinski definition) is 1. The van der Waals surface area contributed by atoms with Gasteiger partial charge in [-0.25, -0.2) is 0 Å². The third-order valence-electron chi connectivity index (χ3n) is 4.00. The first-order chi connectivity index (χ1) is 7.48. The van der Waals surface area contributed by atoms with Gasteiger partial charge in [0.2, 0.25) is 0 Å². The lowest BCUT2D eigenvalue weighted by molar-refractivity contribution is 0.248. The molecule has 0 bridgehead atoms. The summed E-state index contributed by atoms with van der Waals surface area (Å²) in [5, 5.41) is 0. The summed E-state index contributed by atoms with van der Waals surface area (Å²) in [6, 6.07) is 0. The number of fused-ring (bicyclic) bond motifs is 1. The molecule has 0 unspecified atom stereocenters. The zero-order chi connectivity index (χ0) is 11.9. The molecular weight excluding hydrogens is 196 g/mol. The van der Waals surface area contributed by atoms with Gasteiger partial charge in [0, 0.05) is 6.42 Å². The molecule has 0 saturated carbocycles. The summed E-state index contributed by atoms with van der Waals surface area (Å²) in [4.78, 5) is 0. The Labute approximate surface area is 97.9 Å². The van der Waals surface area contributed by atoms with Crippen molar-refractivity contribution in [1.29, 1.82) is 0 Å². The van der Waals surface area contributed by atoms with Gasteiger partial charge in [0.05, 0.1) is 6.26 Å². The summed E-state index contributed by atoms with van der Waals surface area (Å²) in [6.45, 7) is 14.6. The fourth-order valence-electron chi connectivity index (χ4n) is 2.80. The van der Waals surface area contributed by atoms with Crippen molar-refractivity contribution in [3.05, 3.63) is 48.0 Å². The second-order valence-electron chi connectivity index (χ2n) is 5.31. The summed E-state index contributed by atoms with van der Waals surface area (Å²) in [6.07, 6.45) is 5.91. The molecule has 0 aromatic carbocycles. The Kier molecular flexibility index (Phi) is 2.57. The Morgan fingerprint density at radius 3 is 2.88 bits per heavy atom. The Bertz CT molecular complexity index is 438. The van der Waals surface area contributed by atoms with E-state index < -0.39 is 0 Å². The van der Waals surface area contributed by atoms with Crippen molar-refractivity contribution in [2.45, 2.75) is 33.6 Å². The zero-order valence-corrected chi connectivity index (χ0v) is 10.5. The third-order valence-corrected chi connectivity index (χ3v) is 4.00. The molecule has 0 saturated heterocycles. The van der Waals surface area contributed by atoms with E-state index in [1.165, 1.54) is 16.7 Å². The largest absolute Gasteiger partial charge is 0.469 e. The average molecular weight is 216 g/mol. The molecule has 1 aliphatic carbocycles. The van der Waals surface area contributed by atoms with Crippen molar-refractivity contribution in [3.63, 3.8) is 0 Å². The summed E-state index contributed by atoms with van der Waals surface area (Å²) < 4.78 is 5.63. The molecule has 1 aromatic heterocycles. The minimum Gasteiger partial charge on any atom is -0.469 e. The molecule has 2 atom stereocenters. The topological polar surface area (TPSA) is 13.1 Å². The molecule has 0 radical (unpaired) electrons. The van der Waals surface area contributed by atoms with Crippen molar-refractivity contribution in [2.75, 3.05) is 0 Å². The predicted octanol–water partition coefficient (Wildman–Crippen LogP) is 4.07. The van der Waals surface area contributed by atoms with Crippen molar-refractivity contribution >= 4 is 0 Å². The van der Waals surface area contributed by atoms with Gasteiger partial charge in [-0.1, -0.05) is 25.2 Å². The SMILES string of the molecule is C=C[C@@]1(C)Cc2occ(C)c2C[C@@H]1C(=C)C. The van der Waals surface area contributed by atoms with Crippen LogP contribution >= 0.6 is 0 Å². The van der Waals surface area contributed by atoms with Crippen LogP contribution < -0.4 is 0 Å². The van der Waals surface area contributed by atoms with Crippen LogP contribution in [-0.2, 0) is 12.8 Å². The van der Waals surface area contributed by atoms with E-state index in [0.29, 0.717) is 5.92 Å². The van der Waals surface area contributed by atoms with Crippen molar-refractivity contribution < 1.29 is 4.42 Å². The monoisotopic (exact) mass is 216 g/mol. The maximum absolute atomic E-state index is 5.63. The second-order valence-corrected chi connectivity index (χ2v) is 5.31. The van der Waals surface area contributed by atoms with E-state index in [1.54, 1.807) is 0 Å². The highest BCUT2D eigenvalue weighted by Gasteiger charge is 2.39. The molecule has 0 fully saturated rings. The van der Waals surface area contributed by atoms with Crippen LogP contribution in [0.25, 0.3) is 0 Å². The Morgan fingerprint density at radius 1 is 1.62 bits per heavy atom. The highest BCUT2D eigenvalue weighted by atomic mass is 16.3. The van der Waals surface area contributed by atoms with Gasteiger partial charge >= 0.3 is 0 Å². The average Bonchev–Trinajstić information content (AvgIpc) is 2.58. The zero-order valence-electron chi connectivity index (χ0n) is 10.5. The fourth-order valence-corrected chi connectivity index (χ4v) is 2.80. The van der Waals surface area contributed by atoms with E-state index in [2.05, 4.69) is 40.0 Å². The number of aryl methyl sites for hydroxylation is 1. The molecule has 0 N–H and O–H groups in total. The van der Waals surface area contributed by atoms with Crippen LogP contribution in [0.2, 0.25) is 0 Å². The Balaban J connectivity index is 2.46. The van der Waals surface area contributed by atoms with Gasteiger partial charge in [-0.2, -0.15) is 0 Å². The smallest absolute Gasteiger partial charge is 0.108 e. The van der Waals surface area contributed by atoms with Gasteiger partial charge < -0.3 is 4.42 Å². The Hall–Kier alpha value is -1.24. The summed E-state index contributed by atoms with van der Waals surface area (Å²) in [5.74, 6) is 1.62. The fraction of sp³-hybridized carbons (Fsp3) is 0.467. The van der Waals surface area contributed by atoms with Gasteiger partial charge in [-0.15, -0.1) is 6.58 Å². The number of furan rings is 1. The maximum atomic E-state index is 5.63. The summed E-state index contributed by atoms with van der Waals surface area (Å²) in [5.41, 5.74) is 3.98. The molecule has 0 aliphatic heterocycles. The van der Waals surface area contributed by atoms with Gasteiger partial charge in [0.15, 0.2) is 0 Å². The van der Waals surface area contributed by atoms with Gasteiger partial charge in [0.1, 0.15) is 5.76 Å². The molecule has 1 nitrogen and oxygen atoms in total. The van der Waals surface area contributed by atoms with Crippen LogP contribution in [0.4, 0.5) is 0 Å².